The molecule has 1 aromatic carbocycles. The molecule has 0 saturated heterocycles. The Balaban J connectivity index is 2.65. The fraction of sp³-hybridized carbons (Fsp3) is 0.562. The van der Waals surface area contributed by atoms with Gasteiger partial charge in [0.05, 0.1) is 13.7 Å². The van der Waals surface area contributed by atoms with E-state index in [1.807, 2.05) is 25.1 Å². The van der Waals surface area contributed by atoms with Crippen molar-refractivity contribution in [2.24, 2.45) is 0 Å². The first-order chi connectivity index (χ1) is 10.1. The standard InChI is InChI=1S/C16H26N2O3/c1-4-5-6-9-18(10-11-19)16(20)17-14-7-8-15(21-3)13(2)12-14/h7-8,12,19H,4-6,9-11H2,1-3H3,(H,17,20). The number of carbonyl (C=O) groups excluding carboxylic acids is 1. The number of methoxy groups -OCH3 is 1. The largest absolute Gasteiger partial charge is 0.496 e. The predicted octanol–water partition coefficient (Wildman–Crippen LogP) is 3.02. The molecule has 0 heterocycles. The van der Waals surface area contributed by atoms with Crippen LogP contribution in [0.4, 0.5) is 10.5 Å². The number of carbonyl (C=O) groups is 1. The van der Waals surface area contributed by atoms with E-state index < -0.39 is 0 Å². The number of amides is 2. The second-order valence-electron chi connectivity index (χ2n) is 5.03. The molecule has 0 unspecified atom stereocenters. The van der Waals surface area contributed by atoms with Crippen LogP contribution in [0, 0.1) is 6.92 Å². The van der Waals surface area contributed by atoms with E-state index in [0.717, 1.165) is 36.3 Å². The number of aliphatic hydroxyl groups is 1. The molecule has 0 atom stereocenters. The van der Waals surface area contributed by atoms with Crippen LogP contribution in [-0.4, -0.2) is 42.8 Å². The van der Waals surface area contributed by atoms with Crippen LogP contribution in [0.15, 0.2) is 18.2 Å². The number of hydrogen-bond donors (Lipinski definition) is 2. The first kappa shape index (κ1) is 17.3. The summed E-state index contributed by atoms with van der Waals surface area (Å²) < 4.78 is 5.20. The number of aryl methyl sites for hydroxylation is 1. The lowest BCUT2D eigenvalue weighted by Crippen LogP contribution is -2.37. The highest BCUT2D eigenvalue weighted by atomic mass is 16.5. The maximum Gasteiger partial charge on any atom is 0.321 e. The van der Waals surface area contributed by atoms with E-state index in [4.69, 9.17) is 9.84 Å². The van der Waals surface area contributed by atoms with Gasteiger partial charge < -0.3 is 20.1 Å². The molecule has 1 aromatic rings. The third-order valence-electron chi connectivity index (χ3n) is 3.33. The number of aliphatic hydroxyl groups excluding tert-OH is 1. The quantitative estimate of drug-likeness (QED) is 0.724. The number of nitrogens with one attached hydrogen (secondary N) is 1. The normalized spacial score (nSPS) is 10.3. The molecular formula is C16H26N2O3. The van der Waals surface area contributed by atoms with E-state index in [0.29, 0.717) is 13.1 Å². The van der Waals surface area contributed by atoms with Gasteiger partial charge in [0, 0.05) is 18.8 Å². The molecule has 0 bridgehead atoms. The Hall–Kier alpha value is -1.75. The van der Waals surface area contributed by atoms with Crippen molar-refractivity contribution in [3.63, 3.8) is 0 Å². The first-order valence-corrected chi connectivity index (χ1v) is 7.43. The number of rotatable bonds is 8. The fourth-order valence-corrected chi connectivity index (χ4v) is 2.15. The van der Waals surface area contributed by atoms with E-state index in [1.165, 1.54) is 0 Å². The van der Waals surface area contributed by atoms with Gasteiger partial charge in [-0.15, -0.1) is 0 Å². The number of ether oxygens (including phenoxy) is 1. The van der Waals surface area contributed by atoms with Gasteiger partial charge >= 0.3 is 6.03 Å². The summed E-state index contributed by atoms with van der Waals surface area (Å²) in [6.07, 6.45) is 3.13. The summed E-state index contributed by atoms with van der Waals surface area (Å²) in [5.41, 5.74) is 1.70. The van der Waals surface area contributed by atoms with Crippen LogP contribution in [0.25, 0.3) is 0 Å². The van der Waals surface area contributed by atoms with Crippen LogP contribution in [0.1, 0.15) is 31.7 Å². The Kier molecular flexibility index (Phi) is 7.61. The highest BCUT2D eigenvalue weighted by Gasteiger charge is 2.13. The van der Waals surface area contributed by atoms with E-state index in [9.17, 15) is 4.79 Å². The fourth-order valence-electron chi connectivity index (χ4n) is 2.15. The molecule has 0 aliphatic rings. The lowest BCUT2D eigenvalue weighted by Gasteiger charge is -2.22. The van der Waals surface area contributed by atoms with Crippen molar-refractivity contribution in [2.45, 2.75) is 33.1 Å². The number of nitrogens with zero attached hydrogens (tertiary/aromatic N) is 1. The van der Waals surface area contributed by atoms with E-state index in [-0.39, 0.29) is 12.6 Å². The molecule has 0 aliphatic heterocycles. The third-order valence-corrected chi connectivity index (χ3v) is 3.33. The maximum absolute atomic E-state index is 12.2. The molecule has 0 spiro atoms. The summed E-state index contributed by atoms with van der Waals surface area (Å²) in [5.74, 6) is 0.795. The molecule has 21 heavy (non-hydrogen) atoms. The third kappa shape index (κ3) is 5.63. The zero-order valence-electron chi connectivity index (χ0n) is 13.2. The lowest BCUT2D eigenvalue weighted by molar-refractivity contribution is 0.187. The Morgan fingerprint density at radius 2 is 2.10 bits per heavy atom. The summed E-state index contributed by atoms with van der Waals surface area (Å²) in [7, 11) is 1.62. The highest BCUT2D eigenvalue weighted by Crippen LogP contribution is 2.21. The minimum Gasteiger partial charge on any atom is -0.496 e. The van der Waals surface area contributed by atoms with Gasteiger partial charge in [-0.2, -0.15) is 0 Å². The van der Waals surface area contributed by atoms with Gasteiger partial charge in [-0.05, 0) is 37.1 Å². The molecule has 2 N–H and O–H groups in total. The topological polar surface area (TPSA) is 61.8 Å². The van der Waals surface area contributed by atoms with E-state index in [1.54, 1.807) is 12.0 Å². The number of unbranched alkanes of at least 4 members (excludes halogenated alkanes) is 2. The summed E-state index contributed by atoms with van der Waals surface area (Å²) in [6, 6.07) is 5.34. The Morgan fingerprint density at radius 1 is 1.33 bits per heavy atom. The van der Waals surface area contributed by atoms with Crippen LogP contribution in [0.5, 0.6) is 5.75 Å². The van der Waals surface area contributed by atoms with Crippen molar-refractivity contribution in [1.29, 1.82) is 0 Å². The van der Waals surface area contributed by atoms with E-state index in [2.05, 4.69) is 12.2 Å². The summed E-state index contributed by atoms with van der Waals surface area (Å²) in [6.45, 7) is 5.04. The van der Waals surface area contributed by atoms with Crippen LogP contribution >= 0.6 is 0 Å². The van der Waals surface area contributed by atoms with Crippen LogP contribution < -0.4 is 10.1 Å². The van der Waals surface area contributed by atoms with Crippen LogP contribution in [0.2, 0.25) is 0 Å². The molecule has 1 rings (SSSR count). The zero-order chi connectivity index (χ0) is 15.7. The summed E-state index contributed by atoms with van der Waals surface area (Å²) in [4.78, 5) is 13.9. The van der Waals surface area contributed by atoms with Gasteiger partial charge in [-0.25, -0.2) is 4.79 Å². The molecular weight excluding hydrogens is 268 g/mol. The van der Waals surface area contributed by atoms with Crippen molar-refractivity contribution >= 4 is 11.7 Å². The Bertz CT molecular complexity index is 449. The van der Waals surface area contributed by atoms with Gasteiger partial charge in [0.1, 0.15) is 5.75 Å². The molecule has 118 valence electrons. The molecule has 0 saturated carbocycles. The molecule has 2 amide bonds. The molecule has 0 aliphatic carbocycles. The zero-order valence-corrected chi connectivity index (χ0v) is 13.2. The average molecular weight is 294 g/mol. The number of anilines is 1. The number of hydrogen-bond acceptors (Lipinski definition) is 3. The Labute approximate surface area is 126 Å². The predicted molar refractivity (Wildman–Crippen MR) is 84.9 cm³/mol. The SMILES string of the molecule is CCCCCN(CCO)C(=O)Nc1ccc(OC)c(C)c1. The van der Waals surface area contributed by atoms with E-state index >= 15 is 0 Å². The molecule has 5 nitrogen and oxygen atoms in total. The molecule has 5 heteroatoms. The minimum atomic E-state index is -0.176. The summed E-state index contributed by atoms with van der Waals surface area (Å²) in [5, 5.41) is 11.9. The second kappa shape index (κ2) is 9.23. The molecule has 0 aromatic heterocycles. The first-order valence-electron chi connectivity index (χ1n) is 7.43. The van der Waals surface area contributed by atoms with Crippen LogP contribution in [-0.2, 0) is 0 Å². The van der Waals surface area contributed by atoms with Crippen molar-refractivity contribution in [2.75, 3.05) is 32.1 Å². The summed E-state index contributed by atoms with van der Waals surface area (Å²) >= 11 is 0. The monoisotopic (exact) mass is 294 g/mol. The lowest BCUT2D eigenvalue weighted by atomic mass is 10.2. The van der Waals surface area contributed by atoms with Gasteiger partial charge in [-0.1, -0.05) is 19.8 Å². The van der Waals surface area contributed by atoms with Crippen molar-refractivity contribution in [3.8, 4) is 5.75 Å². The minimum absolute atomic E-state index is 0.0266. The van der Waals surface area contributed by atoms with Crippen molar-refractivity contribution in [3.05, 3.63) is 23.8 Å². The Morgan fingerprint density at radius 3 is 2.67 bits per heavy atom. The second-order valence-corrected chi connectivity index (χ2v) is 5.03. The van der Waals surface area contributed by atoms with Gasteiger partial charge in [0.25, 0.3) is 0 Å². The molecule has 0 fully saturated rings. The average Bonchev–Trinajstić information content (AvgIpc) is 2.46. The highest BCUT2D eigenvalue weighted by molar-refractivity contribution is 5.89. The smallest absolute Gasteiger partial charge is 0.321 e. The van der Waals surface area contributed by atoms with Crippen molar-refractivity contribution in [1.82, 2.24) is 4.90 Å². The maximum atomic E-state index is 12.2. The van der Waals surface area contributed by atoms with Gasteiger partial charge in [0.2, 0.25) is 0 Å². The number of urea groups is 1. The van der Waals surface area contributed by atoms with Gasteiger partial charge in [0.15, 0.2) is 0 Å². The number of benzene rings is 1. The van der Waals surface area contributed by atoms with Crippen molar-refractivity contribution < 1.29 is 14.6 Å². The molecule has 0 radical (unpaired) electrons. The van der Waals surface area contributed by atoms with Gasteiger partial charge in [-0.3, -0.25) is 0 Å². The van der Waals surface area contributed by atoms with Crippen LogP contribution in [0.3, 0.4) is 0 Å².